The monoisotopic (exact) mass is 452 g/mol. The summed E-state index contributed by atoms with van der Waals surface area (Å²) in [7, 11) is 1.52. The molecule has 3 saturated carbocycles. The van der Waals surface area contributed by atoms with Gasteiger partial charge in [0.25, 0.3) is 0 Å². The molecule has 0 aromatic rings. The number of rotatable bonds is 3. The predicted molar refractivity (Wildman–Crippen MR) is 107 cm³/mol. The number of carbonyl (C=O) groups excluding carboxylic acids is 3. The van der Waals surface area contributed by atoms with Crippen LogP contribution in [0.25, 0.3) is 0 Å². The molecule has 0 unspecified atom stereocenters. The van der Waals surface area contributed by atoms with Crippen molar-refractivity contribution >= 4 is 17.7 Å². The Kier molecular flexibility index (Phi) is 4.85. The van der Waals surface area contributed by atoms with E-state index >= 15 is 0 Å². The SMILES string of the molecule is COC[C@H]1C(=O)[C@]23C[C@H]1C[C@H](O)[C@H]2[C@@]12CO[C@@H](O)[C@@H]1C(C)(C)[C@@H](OC(C)=O)C[C@@H]2OC3=O. The molecule has 2 aliphatic heterocycles. The molecule has 2 saturated heterocycles. The molecule has 178 valence electrons. The molecule has 2 bridgehead atoms. The van der Waals surface area contributed by atoms with Crippen molar-refractivity contribution in [1.82, 2.24) is 0 Å². The number of carbonyl (C=O) groups is 3. The second-order valence-corrected chi connectivity index (χ2v) is 11.0. The first-order valence-electron chi connectivity index (χ1n) is 11.4. The number of hydrogen-bond donors (Lipinski definition) is 2. The minimum absolute atomic E-state index is 0.0589. The minimum Gasteiger partial charge on any atom is -0.462 e. The van der Waals surface area contributed by atoms with Crippen LogP contribution in [-0.4, -0.2) is 72.9 Å². The Morgan fingerprint density at radius 2 is 1.91 bits per heavy atom. The highest BCUT2D eigenvalue weighted by molar-refractivity contribution is 6.08. The highest BCUT2D eigenvalue weighted by Gasteiger charge is 2.81. The topological polar surface area (TPSA) is 129 Å². The zero-order valence-electron chi connectivity index (χ0n) is 18.9. The second-order valence-electron chi connectivity index (χ2n) is 11.0. The minimum atomic E-state index is -1.47. The number of Topliss-reactive ketones (excluding diaryl/α,β-unsaturated/α-hetero) is 1. The van der Waals surface area contributed by atoms with Gasteiger partial charge in [0.1, 0.15) is 17.6 Å². The fraction of sp³-hybridized carbons (Fsp3) is 0.870. The van der Waals surface area contributed by atoms with Crippen molar-refractivity contribution in [3.63, 3.8) is 0 Å². The van der Waals surface area contributed by atoms with Gasteiger partial charge in [0.05, 0.1) is 19.3 Å². The van der Waals surface area contributed by atoms with E-state index < -0.39 is 70.5 Å². The lowest BCUT2D eigenvalue weighted by molar-refractivity contribution is -0.269. The Balaban J connectivity index is 1.66. The van der Waals surface area contributed by atoms with E-state index in [1.165, 1.54) is 14.0 Å². The van der Waals surface area contributed by atoms with Crippen molar-refractivity contribution < 1.29 is 43.5 Å². The fourth-order valence-corrected chi connectivity index (χ4v) is 8.25. The largest absolute Gasteiger partial charge is 0.462 e. The number of esters is 2. The summed E-state index contributed by atoms with van der Waals surface area (Å²) in [5, 5.41) is 22.4. The highest BCUT2D eigenvalue weighted by Crippen LogP contribution is 2.71. The summed E-state index contributed by atoms with van der Waals surface area (Å²) < 4.78 is 22.6. The van der Waals surface area contributed by atoms with Gasteiger partial charge in [0, 0.05) is 49.0 Å². The van der Waals surface area contributed by atoms with Crippen LogP contribution in [0.1, 0.15) is 40.0 Å². The third-order valence-electron chi connectivity index (χ3n) is 9.26. The highest BCUT2D eigenvalue weighted by atomic mass is 16.6. The Labute approximate surface area is 186 Å². The van der Waals surface area contributed by atoms with Crippen molar-refractivity contribution in [3.05, 3.63) is 0 Å². The molecule has 0 aromatic carbocycles. The predicted octanol–water partition coefficient (Wildman–Crippen LogP) is 0.443. The number of aliphatic hydroxyl groups excluding tert-OH is 2. The zero-order valence-corrected chi connectivity index (χ0v) is 18.9. The van der Waals surface area contributed by atoms with Crippen LogP contribution < -0.4 is 0 Å². The van der Waals surface area contributed by atoms with E-state index in [9.17, 15) is 24.6 Å². The Hall–Kier alpha value is -1.55. The number of fused-ring (bicyclic) bond motifs is 1. The molecular formula is C23H32O9. The van der Waals surface area contributed by atoms with Crippen LogP contribution in [0.5, 0.6) is 0 Å². The maximum Gasteiger partial charge on any atom is 0.320 e. The lowest BCUT2D eigenvalue weighted by Gasteiger charge is -2.63. The quantitative estimate of drug-likeness (QED) is 0.463. The lowest BCUT2D eigenvalue weighted by atomic mass is 9.43. The molecule has 5 fully saturated rings. The van der Waals surface area contributed by atoms with E-state index in [2.05, 4.69) is 0 Å². The van der Waals surface area contributed by atoms with Gasteiger partial charge in [0.15, 0.2) is 12.1 Å². The van der Waals surface area contributed by atoms with E-state index in [1.54, 1.807) is 0 Å². The Morgan fingerprint density at radius 3 is 2.56 bits per heavy atom. The van der Waals surface area contributed by atoms with E-state index in [1.807, 2.05) is 13.8 Å². The number of hydrogen-bond acceptors (Lipinski definition) is 9. The van der Waals surface area contributed by atoms with E-state index in [0.717, 1.165) is 0 Å². The summed E-state index contributed by atoms with van der Waals surface area (Å²) in [5.41, 5.74) is -3.18. The van der Waals surface area contributed by atoms with E-state index in [-0.39, 0.29) is 31.3 Å². The summed E-state index contributed by atoms with van der Waals surface area (Å²) in [5.74, 6) is -3.30. The van der Waals surface area contributed by atoms with Crippen LogP contribution in [-0.2, 0) is 33.3 Å². The maximum absolute atomic E-state index is 13.7. The van der Waals surface area contributed by atoms with Crippen molar-refractivity contribution in [2.24, 2.45) is 39.9 Å². The number of methoxy groups -OCH3 is 1. The number of ketones is 1. The molecule has 0 amide bonds. The van der Waals surface area contributed by atoms with Crippen molar-refractivity contribution in [3.8, 4) is 0 Å². The third kappa shape index (κ3) is 2.51. The second kappa shape index (κ2) is 6.98. The van der Waals surface area contributed by atoms with Gasteiger partial charge in [-0.3, -0.25) is 14.4 Å². The Bertz CT molecular complexity index is 854. The van der Waals surface area contributed by atoms with Gasteiger partial charge in [-0.1, -0.05) is 13.8 Å². The average Bonchev–Trinajstić information content (AvgIpc) is 3.15. The van der Waals surface area contributed by atoms with Gasteiger partial charge < -0.3 is 29.2 Å². The normalized spacial score (nSPS) is 50.8. The van der Waals surface area contributed by atoms with Gasteiger partial charge in [-0.2, -0.15) is 0 Å². The summed E-state index contributed by atoms with van der Waals surface area (Å²) in [6.07, 6.45) is -2.57. The molecule has 2 heterocycles. The van der Waals surface area contributed by atoms with Crippen LogP contribution >= 0.6 is 0 Å². The molecule has 3 aliphatic carbocycles. The lowest BCUT2D eigenvalue weighted by Crippen LogP contribution is -2.73. The van der Waals surface area contributed by atoms with Crippen LogP contribution in [0.3, 0.4) is 0 Å². The van der Waals surface area contributed by atoms with Gasteiger partial charge >= 0.3 is 11.9 Å². The molecule has 0 aromatic heterocycles. The molecule has 9 nitrogen and oxygen atoms in total. The van der Waals surface area contributed by atoms with Crippen molar-refractivity contribution in [2.45, 2.75) is 64.6 Å². The van der Waals surface area contributed by atoms with E-state index in [0.29, 0.717) is 12.8 Å². The van der Waals surface area contributed by atoms with E-state index in [4.69, 9.17) is 18.9 Å². The summed E-state index contributed by atoms with van der Waals surface area (Å²) in [4.78, 5) is 39.1. The maximum atomic E-state index is 13.7. The van der Waals surface area contributed by atoms with Crippen LogP contribution in [0.2, 0.25) is 0 Å². The molecular weight excluding hydrogens is 420 g/mol. The zero-order chi connectivity index (χ0) is 23.2. The van der Waals surface area contributed by atoms with Gasteiger partial charge in [-0.05, 0) is 18.8 Å². The summed E-state index contributed by atoms with van der Waals surface area (Å²) >= 11 is 0. The molecule has 32 heavy (non-hydrogen) atoms. The van der Waals surface area contributed by atoms with Crippen LogP contribution in [0, 0.1) is 39.9 Å². The van der Waals surface area contributed by atoms with Gasteiger partial charge in [-0.25, -0.2) is 0 Å². The molecule has 10 atom stereocenters. The van der Waals surface area contributed by atoms with Crippen molar-refractivity contribution in [1.29, 1.82) is 0 Å². The first-order chi connectivity index (χ1) is 15.0. The molecule has 0 radical (unpaired) electrons. The van der Waals surface area contributed by atoms with Gasteiger partial charge in [-0.15, -0.1) is 0 Å². The third-order valence-corrected chi connectivity index (χ3v) is 9.26. The first-order valence-corrected chi connectivity index (χ1v) is 11.4. The molecule has 2 spiro atoms. The molecule has 5 aliphatic rings. The number of ether oxygens (including phenoxy) is 4. The van der Waals surface area contributed by atoms with Crippen LogP contribution in [0.15, 0.2) is 0 Å². The Morgan fingerprint density at radius 1 is 1.19 bits per heavy atom. The van der Waals surface area contributed by atoms with Crippen LogP contribution in [0.4, 0.5) is 0 Å². The smallest absolute Gasteiger partial charge is 0.320 e. The standard InChI is InChI=1S/C23H32O9/c1-10(24)31-14-6-15-23(9-30-19(27)17(23)21(14,2)3)16-13(25)5-11-7-22(16,20(28)32-15)18(26)12(11)8-29-4/h11-17,19,25,27H,5-9H2,1-4H3/t11-,12-,13+,14+,15+,16-,17-,19-,22+,23+/m1/s1. The average molecular weight is 453 g/mol. The molecule has 5 rings (SSSR count). The first kappa shape index (κ1) is 22.3. The molecule has 9 heteroatoms. The number of aliphatic hydroxyl groups is 2. The van der Waals surface area contributed by atoms with Crippen molar-refractivity contribution in [2.75, 3.05) is 20.3 Å². The summed E-state index contributed by atoms with van der Waals surface area (Å²) in [6.45, 7) is 5.36. The summed E-state index contributed by atoms with van der Waals surface area (Å²) in [6, 6.07) is 0. The molecule has 2 N–H and O–H groups in total. The fourth-order valence-electron chi connectivity index (χ4n) is 8.25. The van der Waals surface area contributed by atoms with Gasteiger partial charge in [0.2, 0.25) is 0 Å².